The van der Waals surface area contributed by atoms with Crippen LogP contribution in [0.4, 0.5) is 0 Å². The molecule has 1 aliphatic heterocycles. The summed E-state index contributed by atoms with van der Waals surface area (Å²) >= 11 is 0. The number of quaternary nitrogens is 1. The molecule has 0 radical (unpaired) electrons. The summed E-state index contributed by atoms with van der Waals surface area (Å²) in [5.41, 5.74) is 0. The molecule has 0 unspecified atom stereocenters. The zero-order chi connectivity index (χ0) is 8.48. The summed E-state index contributed by atoms with van der Waals surface area (Å²) in [4.78, 5) is 10.7. The Kier molecular flexibility index (Phi) is 2.18. The van der Waals surface area contributed by atoms with E-state index in [1.807, 2.05) is 0 Å². The zero-order valence-corrected chi connectivity index (χ0v) is 7.46. The standard InChI is InChI=1S/C8H16NO2/c1-9(2,3)6-7-4-5-8(10)11-7/h7H,4-6H2,1-3H3/q+1/t7-/m1/s1. The Hall–Kier alpha value is -0.570. The van der Waals surface area contributed by atoms with Gasteiger partial charge in [-0.3, -0.25) is 4.79 Å². The van der Waals surface area contributed by atoms with Crippen LogP contribution in [-0.4, -0.2) is 44.2 Å². The molecule has 1 rings (SSSR count). The van der Waals surface area contributed by atoms with Crippen LogP contribution < -0.4 is 0 Å². The number of cyclic esters (lactones) is 1. The Morgan fingerprint density at radius 3 is 2.55 bits per heavy atom. The first-order chi connectivity index (χ1) is 4.97. The van der Waals surface area contributed by atoms with Gasteiger partial charge in [0.15, 0.2) is 6.10 Å². The molecule has 0 N–H and O–H groups in total. The van der Waals surface area contributed by atoms with Crippen molar-refractivity contribution in [1.29, 1.82) is 0 Å². The fourth-order valence-corrected chi connectivity index (χ4v) is 1.32. The molecule has 1 saturated heterocycles. The summed E-state index contributed by atoms with van der Waals surface area (Å²) in [7, 11) is 6.31. The van der Waals surface area contributed by atoms with Gasteiger partial charge in [0.25, 0.3) is 0 Å². The van der Waals surface area contributed by atoms with E-state index in [0.29, 0.717) is 6.42 Å². The molecule has 1 heterocycles. The van der Waals surface area contributed by atoms with Crippen LogP contribution in [0, 0.1) is 0 Å². The highest BCUT2D eigenvalue weighted by atomic mass is 16.5. The van der Waals surface area contributed by atoms with Gasteiger partial charge in [-0.15, -0.1) is 0 Å². The molecule has 0 aromatic heterocycles. The number of carbonyl (C=O) groups is 1. The molecule has 0 spiro atoms. The zero-order valence-electron chi connectivity index (χ0n) is 7.46. The van der Waals surface area contributed by atoms with Gasteiger partial charge in [0, 0.05) is 12.8 Å². The molecule has 0 aromatic carbocycles. The SMILES string of the molecule is C[N+](C)(C)C[C@H]1CCC(=O)O1. The van der Waals surface area contributed by atoms with E-state index in [1.165, 1.54) is 0 Å². The first-order valence-electron chi connectivity index (χ1n) is 3.97. The minimum Gasteiger partial charge on any atom is -0.456 e. The molecule has 0 saturated carbocycles. The molecule has 1 atom stereocenters. The number of nitrogens with zero attached hydrogens (tertiary/aromatic N) is 1. The van der Waals surface area contributed by atoms with Crippen LogP contribution in [0.1, 0.15) is 12.8 Å². The van der Waals surface area contributed by atoms with Crippen LogP contribution >= 0.6 is 0 Å². The molecule has 0 aliphatic carbocycles. The summed E-state index contributed by atoms with van der Waals surface area (Å²) in [5, 5.41) is 0. The van der Waals surface area contributed by atoms with Crippen LogP contribution in [-0.2, 0) is 9.53 Å². The quantitative estimate of drug-likeness (QED) is 0.429. The van der Waals surface area contributed by atoms with E-state index in [9.17, 15) is 4.79 Å². The van der Waals surface area contributed by atoms with Crippen molar-refractivity contribution in [2.24, 2.45) is 0 Å². The molecule has 1 fully saturated rings. The second-order valence-electron chi connectivity index (χ2n) is 4.12. The van der Waals surface area contributed by atoms with E-state index in [0.717, 1.165) is 17.4 Å². The summed E-state index contributed by atoms with van der Waals surface area (Å²) in [6.45, 7) is 0.922. The lowest BCUT2D eigenvalue weighted by molar-refractivity contribution is -0.873. The van der Waals surface area contributed by atoms with Gasteiger partial charge in [0.2, 0.25) is 0 Å². The first-order valence-corrected chi connectivity index (χ1v) is 3.97. The van der Waals surface area contributed by atoms with E-state index in [1.54, 1.807) is 0 Å². The Labute approximate surface area is 67.5 Å². The number of esters is 1. The summed E-state index contributed by atoms with van der Waals surface area (Å²) in [6.07, 6.45) is 1.65. The van der Waals surface area contributed by atoms with Crippen molar-refractivity contribution in [2.75, 3.05) is 27.7 Å². The molecule has 64 valence electrons. The van der Waals surface area contributed by atoms with E-state index < -0.39 is 0 Å². The van der Waals surface area contributed by atoms with Crippen LogP contribution in [0.5, 0.6) is 0 Å². The summed E-state index contributed by atoms with van der Waals surface area (Å²) in [5.74, 6) is -0.0385. The molecule has 0 amide bonds. The van der Waals surface area contributed by atoms with E-state index in [4.69, 9.17) is 4.74 Å². The average molecular weight is 158 g/mol. The van der Waals surface area contributed by atoms with Crippen molar-refractivity contribution in [1.82, 2.24) is 0 Å². The topological polar surface area (TPSA) is 26.3 Å². The van der Waals surface area contributed by atoms with E-state index in [2.05, 4.69) is 21.1 Å². The molecule has 0 aromatic rings. The van der Waals surface area contributed by atoms with Crippen LogP contribution in [0.3, 0.4) is 0 Å². The monoisotopic (exact) mass is 158 g/mol. The van der Waals surface area contributed by atoms with E-state index >= 15 is 0 Å². The van der Waals surface area contributed by atoms with Crippen molar-refractivity contribution in [3.8, 4) is 0 Å². The number of ether oxygens (including phenoxy) is 1. The molecular formula is C8H16NO2+. The third-order valence-corrected chi connectivity index (χ3v) is 1.72. The second kappa shape index (κ2) is 2.81. The Morgan fingerprint density at radius 1 is 1.55 bits per heavy atom. The van der Waals surface area contributed by atoms with Crippen molar-refractivity contribution >= 4 is 5.97 Å². The second-order valence-corrected chi connectivity index (χ2v) is 4.12. The van der Waals surface area contributed by atoms with E-state index in [-0.39, 0.29) is 12.1 Å². The van der Waals surface area contributed by atoms with Gasteiger partial charge in [0.1, 0.15) is 6.54 Å². The lowest BCUT2D eigenvalue weighted by Gasteiger charge is -2.26. The van der Waals surface area contributed by atoms with Crippen LogP contribution in [0.2, 0.25) is 0 Å². The Balaban J connectivity index is 2.34. The highest BCUT2D eigenvalue weighted by molar-refractivity contribution is 5.71. The molecule has 3 heteroatoms. The Bertz CT molecular complexity index is 160. The van der Waals surface area contributed by atoms with Gasteiger partial charge in [-0.2, -0.15) is 0 Å². The third kappa shape index (κ3) is 2.89. The predicted octanol–water partition coefficient (Wildman–Crippen LogP) is 0.398. The first kappa shape index (κ1) is 8.53. The molecular weight excluding hydrogens is 142 g/mol. The molecule has 0 bridgehead atoms. The largest absolute Gasteiger partial charge is 0.456 e. The maximum Gasteiger partial charge on any atom is 0.306 e. The fourth-order valence-electron chi connectivity index (χ4n) is 1.32. The van der Waals surface area contributed by atoms with Crippen molar-refractivity contribution in [2.45, 2.75) is 18.9 Å². The maximum atomic E-state index is 10.7. The van der Waals surface area contributed by atoms with Crippen molar-refractivity contribution in [3.63, 3.8) is 0 Å². The third-order valence-electron chi connectivity index (χ3n) is 1.72. The lowest BCUT2D eigenvalue weighted by Crippen LogP contribution is -2.41. The van der Waals surface area contributed by atoms with Crippen molar-refractivity contribution < 1.29 is 14.0 Å². The maximum absolute atomic E-state index is 10.7. The minimum atomic E-state index is -0.0385. The fraction of sp³-hybridized carbons (Fsp3) is 0.875. The van der Waals surface area contributed by atoms with Gasteiger partial charge < -0.3 is 9.22 Å². The molecule has 3 nitrogen and oxygen atoms in total. The number of carbonyl (C=O) groups excluding carboxylic acids is 1. The van der Waals surface area contributed by atoms with Gasteiger partial charge in [-0.25, -0.2) is 0 Å². The highest BCUT2D eigenvalue weighted by Gasteiger charge is 2.27. The van der Waals surface area contributed by atoms with Gasteiger partial charge in [-0.05, 0) is 0 Å². The average Bonchev–Trinajstić information content (AvgIpc) is 2.10. The van der Waals surface area contributed by atoms with Crippen LogP contribution in [0.25, 0.3) is 0 Å². The van der Waals surface area contributed by atoms with Crippen molar-refractivity contribution in [3.05, 3.63) is 0 Å². The van der Waals surface area contributed by atoms with Gasteiger partial charge in [0.05, 0.1) is 21.1 Å². The summed E-state index contributed by atoms with van der Waals surface area (Å²) in [6, 6.07) is 0. The predicted molar refractivity (Wildman–Crippen MR) is 42.0 cm³/mol. The lowest BCUT2D eigenvalue weighted by atomic mass is 10.2. The number of rotatable bonds is 2. The number of hydrogen-bond acceptors (Lipinski definition) is 2. The normalized spacial score (nSPS) is 25.4. The van der Waals surface area contributed by atoms with Crippen LogP contribution in [0.15, 0.2) is 0 Å². The number of hydrogen-bond donors (Lipinski definition) is 0. The number of likely N-dealkylation sites (N-methyl/N-ethyl adjacent to an activating group) is 1. The molecule has 11 heavy (non-hydrogen) atoms. The summed E-state index contributed by atoms with van der Waals surface area (Å²) < 4.78 is 5.94. The van der Waals surface area contributed by atoms with Gasteiger partial charge in [-0.1, -0.05) is 0 Å². The smallest absolute Gasteiger partial charge is 0.306 e. The highest BCUT2D eigenvalue weighted by Crippen LogP contribution is 2.15. The Morgan fingerprint density at radius 2 is 2.18 bits per heavy atom. The van der Waals surface area contributed by atoms with Gasteiger partial charge >= 0.3 is 5.97 Å². The minimum absolute atomic E-state index is 0.0385. The molecule has 1 aliphatic rings.